The van der Waals surface area contributed by atoms with Crippen LogP contribution in [0.1, 0.15) is 20.8 Å². The highest BCUT2D eigenvalue weighted by molar-refractivity contribution is 5.78. The Morgan fingerprint density at radius 2 is 1.93 bits per heavy atom. The fourth-order valence-corrected chi connectivity index (χ4v) is 3.45. The average molecular weight is 422 g/mol. The van der Waals surface area contributed by atoms with E-state index >= 15 is 0 Å². The molecule has 0 spiro atoms. The molecule has 0 radical (unpaired) electrons. The number of carbonyl (C=O) groups is 1. The number of carbonyl (C=O) groups excluding carboxylic acids is 1. The van der Waals surface area contributed by atoms with Crippen LogP contribution in [-0.4, -0.2) is 59.6 Å². The van der Waals surface area contributed by atoms with Gasteiger partial charge in [-0.2, -0.15) is 0 Å². The molecule has 162 valence electrons. The van der Waals surface area contributed by atoms with Crippen LogP contribution in [0.3, 0.4) is 0 Å². The summed E-state index contributed by atoms with van der Waals surface area (Å²) in [7, 11) is 0. The van der Waals surface area contributed by atoms with Gasteiger partial charge in [-0.3, -0.25) is 4.90 Å². The minimum absolute atomic E-state index is 0.118. The molecule has 0 saturated carbocycles. The Labute approximate surface area is 173 Å². The first-order chi connectivity index (χ1) is 14.3. The van der Waals surface area contributed by atoms with Crippen LogP contribution in [0.5, 0.6) is 0 Å². The lowest BCUT2D eigenvalue weighted by Gasteiger charge is -2.42. The van der Waals surface area contributed by atoms with Gasteiger partial charge in [0, 0.05) is 32.3 Å². The highest BCUT2D eigenvalue weighted by atomic mass is 19.2. The van der Waals surface area contributed by atoms with Crippen LogP contribution in [0.25, 0.3) is 0 Å². The average Bonchev–Trinajstić information content (AvgIpc) is 2.74. The number of anilines is 1. The predicted molar refractivity (Wildman–Crippen MR) is 107 cm³/mol. The quantitative estimate of drug-likeness (QED) is 0.719. The predicted octanol–water partition coefficient (Wildman–Crippen LogP) is 4.14. The molecule has 0 bridgehead atoms. The van der Waals surface area contributed by atoms with E-state index in [-0.39, 0.29) is 24.4 Å². The van der Waals surface area contributed by atoms with Crippen LogP contribution in [0.4, 0.5) is 23.8 Å². The van der Waals surface area contributed by atoms with E-state index in [2.05, 4.69) is 4.98 Å². The number of allylic oxidation sites excluding steroid dienone is 4. The molecule has 2 saturated heterocycles. The molecule has 2 aliphatic rings. The number of aromatic nitrogens is 1. The van der Waals surface area contributed by atoms with Crippen LogP contribution in [0.15, 0.2) is 53.6 Å². The summed E-state index contributed by atoms with van der Waals surface area (Å²) in [5.74, 6) is -1.61. The fraction of sp³-hybridized carbons (Fsp3) is 0.429. The number of amides is 2. The molecular weight excluding hydrogens is 397 g/mol. The van der Waals surface area contributed by atoms with Crippen molar-refractivity contribution in [3.05, 3.63) is 59.4 Å². The summed E-state index contributed by atoms with van der Waals surface area (Å²) in [4.78, 5) is 22.6. The van der Waals surface area contributed by atoms with Gasteiger partial charge in [-0.1, -0.05) is 6.08 Å². The molecule has 9 heteroatoms. The topological polar surface area (TPSA) is 48.9 Å². The summed E-state index contributed by atoms with van der Waals surface area (Å²) >= 11 is 0. The molecule has 0 N–H and O–H groups in total. The molecule has 0 aliphatic carbocycles. The van der Waals surface area contributed by atoms with E-state index in [1.54, 1.807) is 28.9 Å². The molecule has 1 aromatic rings. The molecule has 2 aliphatic heterocycles. The zero-order valence-corrected chi connectivity index (χ0v) is 17.2. The van der Waals surface area contributed by atoms with Crippen LogP contribution in [0.2, 0.25) is 0 Å². The maximum absolute atomic E-state index is 13.8. The van der Waals surface area contributed by atoms with Crippen molar-refractivity contribution in [3.8, 4) is 0 Å². The minimum Gasteiger partial charge on any atom is -0.489 e. The third-order valence-corrected chi connectivity index (χ3v) is 5.09. The first kappa shape index (κ1) is 21.7. The van der Waals surface area contributed by atoms with Gasteiger partial charge in [0.25, 0.3) is 0 Å². The van der Waals surface area contributed by atoms with Crippen molar-refractivity contribution in [1.29, 1.82) is 0 Å². The van der Waals surface area contributed by atoms with Crippen LogP contribution < -0.4 is 4.90 Å². The third-order valence-electron chi connectivity index (χ3n) is 5.09. The Balaban J connectivity index is 1.73. The number of hydrogen-bond donors (Lipinski definition) is 0. The SMILES string of the molecule is C\C=C1/C(=C\C(F)=C(/C)F)OCC(C)N1C(=O)N1CCN(c2ccc(F)cn2)CC1. The first-order valence-electron chi connectivity index (χ1n) is 9.79. The fourth-order valence-electron chi connectivity index (χ4n) is 3.45. The van der Waals surface area contributed by atoms with Gasteiger partial charge in [-0.15, -0.1) is 0 Å². The van der Waals surface area contributed by atoms with Crippen molar-refractivity contribution in [2.24, 2.45) is 0 Å². The van der Waals surface area contributed by atoms with Gasteiger partial charge >= 0.3 is 6.03 Å². The van der Waals surface area contributed by atoms with Crippen molar-refractivity contribution in [1.82, 2.24) is 14.8 Å². The standard InChI is InChI=1S/C21H25F3N4O2/c1-4-18-19(11-17(24)15(3)22)30-13-14(2)28(18)21(29)27-9-7-26(8-10-27)20-6-5-16(23)12-25-20/h4-6,11-12,14H,7-10,13H2,1-3H3/b17-15-,18-4+,19-11+. The van der Waals surface area contributed by atoms with Crippen molar-refractivity contribution in [2.45, 2.75) is 26.8 Å². The van der Waals surface area contributed by atoms with Crippen LogP contribution >= 0.6 is 0 Å². The van der Waals surface area contributed by atoms with Gasteiger partial charge in [-0.05, 0) is 32.9 Å². The molecule has 1 aromatic heterocycles. The van der Waals surface area contributed by atoms with Gasteiger partial charge in [0.05, 0.1) is 17.9 Å². The second-order valence-electron chi connectivity index (χ2n) is 7.19. The van der Waals surface area contributed by atoms with E-state index < -0.39 is 17.5 Å². The molecule has 6 nitrogen and oxygen atoms in total. The summed E-state index contributed by atoms with van der Waals surface area (Å²) in [5.41, 5.74) is 0.401. The Morgan fingerprint density at radius 3 is 2.50 bits per heavy atom. The lowest BCUT2D eigenvalue weighted by molar-refractivity contribution is 0.0784. The molecule has 2 amide bonds. The zero-order valence-electron chi connectivity index (χ0n) is 17.2. The number of urea groups is 1. The number of piperazine rings is 1. The monoisotopic (exact) mass is 422 g/mol. The van der Waals surface area contributed by atoms with E-state index in [1.165, 1.54) is 12.3 Å². The number of ether oxygens (including phenoxy) is 1. The first-order valence-corrected chi connectivity index (χ1v) is 9.79. The molecule has 0 aromatic carbocycles. The largest absolute Gasteiger partial charge is 0.489 e. The van der Waals surface area contributed by atoms with E-state index in [0.717, 1.165) is 13.0 Å². The highest BCUT2D eigenvalue weighted by Crippen LogP contribution is 2.29. The van der Waals surface area contributed by atoms with Crippen LogP contribution in [0, 0.1) is 5.82 Å². The van der Waals surface area contributed by atoms with E-state index in [0.29, 0.717) is 37.7 Å². The minimum atomic E-state index is -1.04. The maximum atomic E-state index is 13.8. The van der Waals surface area contributed by atoms with E-state index in [4.69, 9.17) is 4.74 Å². The summed E-state index contributed by atoms with van der Waals surface area (Å²) < 4.78 is 45.6. The van der Waals surface area contributed by atoms with Crippen LogP contribution in [-0.2, 0) is 4.74 Å². The number of nitrogens with zero attached hydrogens (tertiary/aromatic N) is 4. The molecule has 1 atom stereocenters. The van der Waals surface area contributed by atoms with Crippen molar-refractivity contribution in [3.63, 3.8) is 0 Å². The van der Waals surface area contributed by atoms with E-state index in [1.807, 2.05) is 11.8 Å². The number of morpholine rings is 1. The van der Waals surface area contributed by atoms with E-state index in [9.17, 15) is 18.0 Å². The molecule has 3 rings (SSSR count). The number of rotatable bonds is 2. The normalized spacial score (nSPS) is 23.5. The Morgan fingerprint density at radius 1 is 1.23 bits per heavy atom. The molecule has 2 fully saturated rings. The van der Waals surface area contributed by atoms with Gasteiger partial charge < -0.3 is 14.5 Å². The number of halogens is 3. The molecule has 30 heavy (non-hydrogen) atoms. The van der Waals surface area contributed by atoms with Gasteiger partial charge in [0.2, 0.25) is 0 Å². The molecule has 1 unspecified atom stereocenters. The second kappa shape index (κ2) is 9.23. The molecule has 3 heterocycles. The molecular formula is C21H25F3N4O2. The summed E-state index contributed by atoms with van der Waals surface area (Å²) in [6, 6.07) is 2.48. The van der Waals surface area contributed by atoms with Crippen molar-refractivity contribution >= 4 is 11.8 Å². The van der Waals surface area contributed by atoms with Gasteiger partial charge in [0.1, 0.15) is 29.8 Å². The Kier molecular flexibility index (Phi) is 6.69. The number of pyridine rings is 1. The van der Waals surface area contributed by atoms with Crippen molar-refractivity contribution < 1.29 is 22.7 Å². The highest BCUT2D eigenvalue weighted by Gasteiger charge is 2.35. The number of hydrogen-bond acceptors (Lipinski definition) is 4. The second-order valence-corrected chi connectivity index (χ2v) is 7.19. The Bertz CT molecular complexity index is 871. The Hall–Kier alpha value is -2.97. The smallest absolute Gasteiger partial charge is 0.325 e. The zero-order chi connectivity index (χ0) is 21.8. The summed E-state index contributed by atoms with van der Waals surface area (Å²) in [6.45, 7) is 6.76. The lowest BCUT2D eigenvalue weighted by atomic mass is 10.1. The van der Waals surface area contributed by atoms with Crippen molar-refractivity contribution in [2.75, 3.05) is 37.7 Å². The maximum Gasteiger partial charge on any atom is 0.325 e. The van der Waals surface area contributed by atoms with Gasteiger partial charge in [0.15, 0.2) is 5.83 Å². The summed E-state index contributed by atoms with van der Waals surface area (Å²) in [6.07, 6.45) is 3.79. The van der Waals surface area contributed by atoms with Gasteiger partial charge in [-0.25, -0.2) is 22.9 Å². The lowest BCUT2D eigenvalue weighted by Crippen LogP contribution is -2.56. The summed E-state index contributed by atoms with van der Waals surface area (Å²) in [5, 5.41) is 0. The third kappa shape index (κ3) is 4.60.